The van der Waals surface area contributed by atoms with Crippen molar-refractivity contribution in [3.05, 3.63) is 45.9 Å². The maximum atomic E-state index is 12.3. The standard InChI is InChI=1S/C19H19ClN2O4S/c1-3-25-17(23)5-4-10-26-19(24)16-11-15-12(2)21-22(18(15)27-16)14-8-6-13(20)7-9-14/h6-9,11H,3-5,10H2,1-2H3. The summed E-state index contributed by atoms with van der Waals surface area (Å²) in [6, 6.07) is 9.14. The number of esters is 2. The number of thiophene rings is 1. The molecule has 8 heteroatoms. The van der Waals surface area contributed by atoms with Gasteiger partial charge in [-0.15, -0.1) is 11.3 Å². The highest BCUT2D eigenvalue weighted by Crippen LogP contribution is 2.31. The molecule has 0 bridgehead atoms. The summed E-state index contributed by atoms with van der Waals surface area (Å²) in [5.41, 5.74) is 1.70. The summed E-state index contributed by atoms with van der Waals surface area (Å²) in [6.45, 7) is 4.18. The van der Waals surface area contributed by atoms with Crippen LogP contribution in [0.25, 0.3) is 15.9 Å². The van der Waals surface area contributed by atoms with Crippen molar-refractivity contribution in [3.63, 3.8) is 0 Å². The first-order chi connectivity index (χ1) is 13.0. The number of aromatic nitrogens is 2. The molecule has 6 nitrogen and oxygen atoms in total. The summed E-state index contributed by atoms with van der Waals surface area (Å²) in [4.78, 5) is 25.0. The molecule has 0 aliphatic carbocycles. The van der Waals surface area contributed by atoms with Gasteiger partial charge in [-0.3, -0.25) is 4.79 Å². The molecule has 0 saturated carbocycles. The van der Waals surface area contributed by atoms with Crippen molar-refractivity contribution in [2.75, 3.05) is 13.2 Å². The van der Waals surface area contributed by atoms with Crippen molar-refractivity contribution in [1.29, 1.82) is 0 Å². The zero-order chi connectivity index (χ0) is 19.4. The van der Waals surface area contributed by atoms with Gasteiger partial charge in [0.05, 0.1) is 24.6 Å². The number of benzene rings is 1. The van der Waals surface area contributed by atoms with Crippen molar-refractivity contribution in [2.45, 2.75) is 26.7 Å². The quantitative estimate of drug-likeness (QED) is 0.425. The number of hydrogen-bond acceptors (Lipinski definition) is 6. The van der Waals surface area contributed by atoms with Crippen LogP contribution in [-0.2, 0) is 14.3 Å². The van der Waals surface area contributed by atoms with Crippen LogP contribution in [0.5, 0.6) is 0 Å². The molecule has 0 aliphatic rings. The first kappa shape index (κ1) is 19.4. The number of halogens is 1. The first-order valence-electron chi connectivity index (χ1n) is 8.57. The van der Waals surface area contributed by atoms with E-state index in [9.17, 15) is 9.59 Å². The number of fused-ring (bicyclic) bond motifs is 1. The van der Waals surface area contributed by atoms with E-state index in [4.69, 9.17) is 21.1 Å². The average Bonchev–Trinajstić information content (AvgIpc) is 3.21. The van der Waals surface area contributed by atoms with E-state index in [1.54, 1.807) is 29.8 Å². The Hall–Kier alpha value is -2.38. The fourth-order valence-electron chi connectivity index (χ4n) is 2.59. The third-order valence-corrected chi connectivity index (χ3v) is 5.22. The Labute approximate surface area is 165 Å². The van der Waals surface area contributed by atoms with Gasteiger partial charge < -0.3 is 9.47 Å². The summed E-state index contributed by atoms with van der Waals surface area (Å²) in [6.07, 6.45) is 0.672. The summed E-state index contributed by atoms with van der Waals surface area (Å²) in [5, 5.41) is 6.10. The van der Waals surface area contributed by atoms with Gasteiger partial charge in [0, 0.05) is 16.8 Å². The number of carbonyl (C=O) groups excluding carboxylic acids is 2. The lowest BCUT2D eigenvalue weighted by Gasteiger charge is -2.04. The molecule has 3 aromatic rings. The van der Waals surface area contributed by atoms with Crippen LogP contribution in [0.2, 0.25) is 5.02 Å². The van der Waals surface area contributed by atoms with E-state index in [2.05, 4.69) is 5.10 Å². The molecular formula is C19H19ClN2O4S. The number of aryl methyl sites for hydroxylation is 1. The third-order valence-electron chi connectivity index (χ3n) is 3.88. The van der Waals surface area contributed by atoms with E-state index in [1.165, 1.54) is 11.3 Å². The maximum Gasteiger partial charge on any atom is 0.348 e. The van der Waals surface area contributed by atoms with E-state index < -0.39 is 5.97 Å². The van der Waals surface area contributed by atoms with Gasteiger partial charge in [-0.05, 0) is 50.6 Å². The van der Waals surface area contributed by atoms with Gasteiger partial charge in [0.2, 0.25) is 0 Å². The Balaban J connectivity index is 1.71. The zero-order valence-corrected chi connectivity index (χ0v) is 16.6. The fraction of sp³-hybridized carbons (Fsp3) is 0.316. The van der Waals surface area contributed by atoms with Gasteiger partial charge in [-0.1, -0.05) is 11.6 Å². The van der Waals surface area contributed by atoms with E-state index in [0.29, 0.717) is 22.9 Å². The van der Waals surface area contributed by atoms with Crippen LogP contribution in [0.4, 0.5) is 0 Å². The Morgan fingerprint density at radius 1 is 1.22 bits per heavy atom. The molecule has 27 heavy (non-hydrogen) atoms. The van der Waals surface area contributed by atoms with Crippen LogP contribution in [0.3, 0.4) is 0 Å². The molecule has 1 aromatic carbocycles. The molecule has 2 heterocycles. The Morgan fingerprint density at radius 3 is 2.67 bits per heavy atom. The molecule has 0 spiro atoms. The molecule has 0 saturated heterocycles. The fourth-order valence-corrected chi connectivity index (χ4v) is 3.79. The minimum Gasteiger partial charge on any atom is -0.466 e. The van der Waals surface area contributed by atoms with Crippen LogP contribution in [0.1, 0.15) is 35.1 Å². The second kappa shape index (κ2) is 8.54. The highest BCUT2D eigenvalue weighted by Gasteiger charge is 2.18. The Kier molecular flexibility index (Phi) is 6.13. The molecule has 0 atom stereocenters. The molecule has 2 aromatic heterocycles. The van der Waals surface area contributed by atoms with Crippen LogP contribution >= 0.6 is 22.9 Å². The SMILES string of the molecule is CCOC(=O)CCCOC(=O)c1cc2c(C)nn(-c3ccc(Cl)cc3)c2s1. The largest absolute Gasteiger partial charge is 0.466 e. The molecule has 0 aliphatic heterocycles. The van der Waals surface area contributed by atoms with E-state index in [0.717, 1.165) is 21.6 Å². The smallest absolute Gasteiger partial charge is 0.348 e. The topological polar surface area (TPSA) is 70.4 Å². The van der Waals surface area contributed by atoms with Crippen molar-refractivity contribution >= 4 is 45.1 Å². The van der Waals surface area contributed by atoms with E-state index in [1.807, 2.05) is 19.1 Å². The van der Waals surface area contributed by atoms with Crippen molar-refractivity contribution in [2.24, 2.45) is 0 Å². The maximum absolute atomic E-state index is 12.3. The van der Waals surface area contributed by atoms with Gasteiger partial charge in [0.1, 0.15) is 9.71 Å². The summed E-state index contributed by atoms with van der Waals surface area (Å²) < 4.78 is 11.9. The average molecular weight is 407 g/mol. The summed E-state index contributed by atoms with van der Waals surface area (Å²) in [5.74, 6) is -0.684. The predicted octanol–water partition coefficient (Wildman–Crippen LogP) is 4.55. The van der Waals surface area contributed by atoms with Gasteiger partial charge in [0.25, 0.3) is 0 Å². The number of carbonyl (C=O) groups is 2. The normalized spacial score (nSPS) is 10.9. The molecule has 0 N–H and O–H groups in total. The summed E-state index contributed by atoms with van der Waals surface area (Å²) >= 11 is 7.27. The second-order valence-corrected chi connectivity index (χ2v) is 7.31. The summed E-state index contributed by atoms with van der Waals surface area (Å²) in [7, 11) is 0. The van der Waals surface area contributed by atoms with Gasteiger partial charge >= 0.3 is 11.9 Å². The minimum absolute atomic E-state index is 0.175. The highest BCUT2D eigenvalue weighted by molar-refractivity contribution is 7.20. The van der Waals surface area contributed by atoms with Crippen molar-refractivity contribution in [3.8, 4) is 5.69 Å². The van der Waals surface area contributed by atoms with Crippen LogP contribution in [0.15, 0.2) is 30.3 Å². The molecule has 0 fully saturated rings. The number of hydrogen-bond donors (Lipinski definition) is 0. The van der Waals surface area contributed by atoms with E-state index >= 15 is 0 Å². The van der Waals surface area contributed by atoms with Crippen LogP contribution in [-0.4, -0.2) is 34.9 Å². The molecule has 0 unspecified atom stereocenters. The van der Waals surface area contributed by atoms with Crippen LogP contribution in [0, 0.1) is 6.92 Å². The molecule has 3 rings (SSSR count). The Bertz CT molecular complexity index is 962. The monoisotopic (exact) mass is 406 g/mol. The lowest BCUT2D eigenvalue weighted by Crippen LogP contribution is -2.08. The van der Waals surface area contributed by atoms with Crippen molar-refractivity contribution in [1.82, 2.24) is 9.78 Å². The van der Waals surface area contributed by atoms with Gasteiger partial charge in [-0.2, -0.15) is 5.10 Å². The molecule has 0 amide bonds. The molecule has 0 radical (unpaired) electrons. The lowest BCUT2D eigenvalue weighted by molar-refractivity contribution is -0.143. The van der Waals surface area contributed by atoms with Crippen LogP contribution < -0.4 is 0 Å². The first-order valence-corrected chi connectivity index (χ1v) is 9.77. The van der Waals surface area contributed by atoms with E-state index in [-0.39, 0.29) is 19.0 Å². The molecule has 142 valence electrons. The number of nitrogens with zero attached hydrogens (tertiary/aromatic N) is 2. The molecular weight excluding hydrogens is 388 g/mol. The second-order valence-electron chi connectivity index (χ2n) is 5.85. The predicted molar refractivity (Wildman–Crippen MR) is 105 cm³/mol. The third kappa shape index (κ3) is 4.48. The lowest BCUT2D eigenvalue weighted by atomic mass is 10.3. The number of rotatable bonds is 7. The van der Waals surface area contributed by atoms with Crippen molar-refractivity contribution < 1.29 is 19.1 Å². The number of ether oxygens (including phenoxy) is 2. The van der Waals surface area contributed by atoms with Gasteiger partial charge in [-0.25, -0.2) is 9.48 Å². The zero-order valence-electron chi connectivity index (χ0n) is 15.0. The minimum atomic E-state index is -0.401. The highest BCUT2D eigenvalue weighted by atomic mass is 35.5. The van der Waals surface area contributed by atoms with Gasteiger partial charge in [0.15, 0.2) is 0 Å². The Morgan fingerprint density at radius 2 is 1.96 bits per heavy atom.